The SMILES string of the molecule is C=CCOCC(NC(=O)CCc1ccoc1)C(=O)O. The third kappa shape index (κ3) is 5.87. The first kappa shape index (κ1) is 15.0. The van der Waals surface area contributed by atoms with Gasteiger partial charge >= 0.3 is 5.97 Å². The van der Waals surface area contributed by atoms with Gasteiger partial charge in [0.05, 0.1) is 25.7 Å². The number of hydrogen-bond acceptors (Lipinski definition) is 4. The Kier molecular flexibility index (Phi) is 6.38. The zero-order chi connectivity index (χ0) is 14.1. The van der Waals surface area contributed by atoms with Crippen molar-refractivity contribution in [3.05, 3.63) is 36.8 Å². The van der Waals surface area contributed by atoms with Crippen LogP contribution in [0.15, 0.2) is 35.7 Å². The van der Waals surface area contributed by atoms with Crippen molar-refractivity contribution < 1.29 is 23.8 Å². The second kappa shape index (κ2) is 8.10. The lowest BCUT2D eigenvalue weighted by Gasteiger charge is -2.14. The van der Waals surface area contributed by atoms with Crippen molar-refractivity contribution in [1.82, 2.24) is 5.32 Å². The predicted octanol–water partition coefficient (Wildman–Crippen LogP) is 0.984. The Morgan fingerprint density at radius 1 is 1.58 bits per heavy atom. The molecule has 0 saturated carbocycles. The number of rotatable bonds is 9. The van der Waals surface area contributed by atoms with Gasteiger partial charge in [-0.3, -0.25) is 4.79 Å². The summed E-state index contributed by atoms with van der Waals surface area (Å²) < 4.78 is 9.91. The fourth-order valence-corrected chi connectivity index (χ4v) is 1.40. The van der Waals surface area contributed by atoms with E-state index in [1.807, 2.05) is 0 Å². The second-order valence-corrected chi connectivity index (χ2v) is 3.92. The maximum Gasteiger partial charge on any atom is 0.328 e. The van der Waals surface area contributed by atoms with E-state index in [2.05, 4.69) is 11.9 Å². The Hall–Kier alpha value is -2.08. The number of aliphatic carboxylic acids is 1. The largest absolute Gasteiger partial charge is 0.480 e. The summed E-state index contributed by atoms with van der Waals surface area (Å²) in [7, 11) is 0. The van der Waals surface area contributed by atoms with Gasteiger partial charge in [-0.15, -0.1) is 6.58 Å². The maximum absolute atomic E-state index is 11.6. The van der Waals surface area contributed by atoms with Crippen molar-refractivity contribution in [2.45, 2.75) is 18.9 Å². The fourth-order valence-electron chi connectivity index (χ4n) is 1.40. The fraction of sp³-hybridized carbons (Fsp3) is 0.385. The summed E-state index contributed by atoms with van der Waals surface area (Å²) in [6.45, 7) is 3.61. The van der Waals surface area contributed by atoms with Crippen LogP contribution in [0.3, 0.4) is 0 Å². The van der Waals surface area contributed by atoms with E-state index in [0.717, 1.165) is 5.56 Å². The van der Waals surface area contributed by atoms with Crippen molar-refractivity contribution in [1.29, 1.82) is 0 Å². The normalized spacial score (nSPS) is 11.8. The molecule has 19 heavy (non-hydrogen) atoms. The van der Waals surface area contributed by atoms with Gasteiger partial charge in [-0.25, -0.2) is 4.79 Å². The topological polar surface area (TPSA) is 88.8 Å². The summed E-state index contributed by atoms with van der Waals surface area (Å²) >= 11 is 0. The number of amides is 1. The Balaban J connectivity index is 2.33. The Morgan fingerprint density at radius 3 is 2.95 bits per heavy atom. The minimum absolute atomic E-state index is 0.0845. The number of carboxylic acid groups (broad SMARTS) is 1. The van der Waals surface area contributed by atoms with Crippen LogP contribution >= 0.6 is 0 Å². The molecule has 0 aromatic carbocycles. The van der Waals surface area contributed by atoms with E-state index in [9.17, 15) is 9.59 Å². The number of hydrogen-bond donors (Lipinski definition) is 2. The van der Waals surface area contributed by atoms with Crippen LogP contribution in [0.5, 0.6) is 0 Å². The standard InChI is InChI=1S/C13H17NO5/c1-2-6-18-9-11(13(16)17)14-12(15)4-3-10-5-7-19-8-10/h2,5,7-8,11H,1,3-4,6,9H2,(H,14,15)(H,16,17). The molecule has 0 saturated heterocycles. The molecule has 104 valence electrons. The average Bonchev–Trinajstić information content (AvgIpc) is 2.88. The smallest absolute Gasteiger partial charge is 0.328 e. The van der Waals surface area contributed by atoms with Crippen molar-refractivity contribution >= 4 is 11.9 Å². The van der Waals surface area contributed by atoms with Crippen molar-refractivity contribution in [2.75, 3.05) is 13.2 Å². The molecular formula is C13H17NO5. The van der Waals surface area contributed by atoms with Crippen LogP contribution < -0.4 is 5.32 Å². The van der Waals surface area contributed by atoms with Crippen LogP contribution in [0.1, 0.15) is 12.0 Å². The lowest BCUT2D eigenvalue weighted by molar-refractivity contribution is -0.143. The third-order valence-electron chi connectivity index (χ3n) is 2.37. The summed E-state index contributed by atoms with van der Waals surface area (Å²) in [4.78, 5) is 22.5. The Morgan fingerprint density at radius 2 is 2.37 bits per heavy atom. The van der Waals surface area contributed by atoms with E-state index in [0.29, 0.717) is 6.42 Å². The zero-order valence-electron chi connectivity index (χ0n) is 10.5. The molecule has 6 heteroatoms. The van der Waals surface area contributed by atoms with Gasteiger partial charge in [-0.2, -0.15) is 0 Å². The molecule has 0 bridgehead atoms. The van der Waals surface area contributed by atoms with Crippen LogP contribution in [0.25, 0.3) is 0 Å². The highest BCUT2D eigenvalue weighted by Crippen LogP contribution is 2.03. The molecule has 2 N–H and O–H groups in total. The molecule has 0 fully saturated rings. The van der Waals surface area contributed by atoms with Gasteiger partial charge in [-0.1, -0.05) is 6.08 Å². The summed E-state index contributed by atoms with van der Waals surface area (Å²) in [6, 6.07) is 0.714. The van der Waals surface area contributed by atoms with Gasteiger partial charge in [0.1, 0.15) is 0 Å². The highest BCUT2D eigenvalue weighted by atomic mass is 16.5. The molecule has 0 spiro atoms. The number of ether oxygens (including phenoxy) is 1. The monoisotopic (exact) mass is 267 g/mol. The molecule has 6 nitrogen and oxygen atoms in total. The first-order chi connectivity index (χ1) is 9.13. The number of carbonyl (C=O) groups excluding carboxylic acids is 1. The number of carboxylic acids is 1. The van der Waals surface area contributed by atoms with Crippen LogP contribution in [0.4, 0.5) is 0 Å². The van der Waals surface area contributed by atoms with Gasteiger partial charge < -0.3 is 19.6 Å². The highest BCUT2D eigenvalue weighted by molar-refractivity contribution is 5.83. The average molecular weight is 267 g/mol. The zero-order valence-corrected chi connectivity index (χ0v) is 10.5. The maximum atomic E-state index is 11.6. The summed E-state index contributed by atoms with van der Waals surface area (Å²) in [6.07, 6.45) is 5.29. The van der Waals surface area contributed by atoms with Crippen LogP contribution in [-0.2, 0) is 20.7 Å². The van der Waals surface area contributed by atoms with E-state index in [1.165, 1.54) is 12.3 Å². The molecule has 0 aliphatic rings. The quantitative estimate of drug-likeness (QED) is 0.514. The molecule has 1 aromatic heterocycles. The van der Waals surface area contributed by atoms with Crippen LogP contribution in [-0.4, -0.2) is 36.2 Å². The summed E-state index contributed by atoms with van der Waals surface area (Å²) in [5, 5.41) is 11.3. The van der Waals surface area contributed by atoms with Crippen LogP contribution in [0, 0.1) is 0 Å². The molecule has 0 aliphatic heterocycles. The van der Waals surface area contributed by atoms with E-state index >= 15 is 0 Å². The second-order valence-electron chi connectivity index (χ2n) is 3.92. The van der Waals surface area contributed by atoms with E-state index < -0.39 is 12.0 Å². The van der Waals surface area contributed by atoms with Gasteiger partial charge in [-0.05, 0) is 18.1 Å². The van der Waals surface area contributed by atoms with E-state index in [-0.39, 0.29) is 25.5 Å². The minimum atomic E-state index is -1.12. The molecule has 0 radical (unpaired) electrons. The number of carbonyl (C=O) groups is 2. The Labute approximate surface area is 111 Å². The molecule has 1 heterocycles. The Bertz CT molecular complexity index is 413. The number of nitrogens with one attached hydrogen (secondary N) is 1. The predicted molar refractivity (Wildman–Crippen MR) is 67.6 cm³/mol. The molecule has 1 unspecified atom stereocenters. The number of furan rings is 1. The first-order valence-corrected chi connectivity index (χ1v) is 5.85. The van der Waals surface area contributed by atoms with Crippen molar-refractivity contribution in [2.24, 2.45) is 0 Å². The molecule has 0 aliphatic carbocycles. The summed E-state index contributed by atoms with van der Waals surface area (Å²) in [5.74, 6) is -1.46. The third-order valence-corrected chi connectivity index (χ3v) is 2.37. The van der Waals surface area contributed by atoms with Gasteiger partial charge in [0, 0.05) is 6.42 Å². The van der Waals surface area contributed by atoms with Crippen LogP contribution in [0.2, 0.25) is 0 Å². The lowest BCUT2D eigenvalue weighted by Crippen LogP contribution is -2.44. The molecule has 1 rings (SSSR count). The number of aryl methyl sites for hydroxylation is 1. The molecule has 1 atom stereocenters. The molecule has 1 aromatic rings. The first-order valence-electron chi connectivity index (χ1n) is 5.85. The highest BCUT2D eigenvalue weighted by Gasteiger charge is 2.19. The van der Waals surface area contributed by atoms with Crippen molar-refractivity contribution in [3.8, 4) is 0 Å². The minimum Gasteiger partial charge on any atom is -0.480 e. The van der Waals surface area contributed by atoms with Gasteiger partial charge in [0.15, 0.2) is 6.04 Å². The van der Waals surface area contributed by atoms with Crippen molar-refractivity contribution in [3.63, 3.8) is 0 Å². The van der Waals surface area contributed by atoms with Gasteiger partial charge in [0.2, 0.25) is 5.91 Å². The molecule has 1 amide bonds. The molecular weight excluding hydrogens is 250 g/mol. The van der Waals surface area contributed by atoms with E-state index in [1.54, 1.807) is 12.3 Å². The van der Waals surface area contributed by atoms with E-state index in [4.69, 9.17) is 14.3 Å². The summed E-state index contributed by atoms with van der Waals surface area (Å²) in [5.41, 5.74) is 0.893. The van der Waals surface area contributed by atoms with Gasteiger partial charge in [0.25, 0.3) is 0 Å². The lowest BCUT2D eigenvalue weighted by atomic mass is 10.2.